The topological polar surface area (TPSA) is 42.4 Å². The van der Waals surface area contributed by atoms with Crippen molar-refractivity contribution in [2.24, 2.45) is 0 Å². The van der Waals surface area contributed by atoms with Gasteiger partial charge in [-0.15, -0.1) is 0 Å². The second kappa shape index (κ2) is 6.05. The molecule has 0 aliphatic carbocycles. The third-order valence-corrected chi connectivity index (χ3v) is 3.68. The lowest BCUT2D eigenvalue weighted by molar-refractivity contribution is -0.0681. The predicted octanol–water partition coefficient (Wildman–Crippen LogP) is 2.47. The zero-order valence-electron chi connectivity index (χ0n) is 9.15. The van der Waals surface area contributed by atoms with E-state index in [2.05, 4.69) is 37.4 Å². The van der Waals surface area contributed by atoms with Crippen molar-refractivity contribution in [3.8, 4) is 11.2 Å². The number of aliphatic hydroxyl groups is 1. The fraction of sp³-hybridized carbons (Fsp3) is 0.417. The van der Waals surface area contributed by atoms with Gasteiger partial charge in [-0.25, -0.2) is 4.98 Å². The zero-order valence-corrected chi connectivity index (χ0v) is 12.1. The minimum atomic E-state index is -0.783. The maximum absolute atomic E-state index is 10.4. The predicted molar refractivity (Wildman–Crippen MR) is 76.7 cm³/mol. The minimum Gasteiger partial charge on any atom is -0.385 e. The number of ether oxygens (including phenoxy) is 1. The molecule has 90 valence electrons. The van der Waals surface area contributed by atoms with Gasteiger partial charge >= 0.3 is 0 Å². The van der Waals surface area contributed by atoms with E-state index in [-0.39, 0.29) is 0 Å². The molecule has 0 bridgehead atoms. The molecule has 0 aromatic carbocycles. The molecular weight excluding hydrogens is 349 g/mol. The van der Waals surface area contributed by atoms with Gasteiger partial charge in [-0.05, 0) is 26.2 Å². The van der Waals surface area contributed by atoms with Crippen LogP contribution in [0.1, 0.15) is 24.1 Å². The van der Waals surface area contributed by atoms with E-state index in [4.69, 9.17) is 4.74 Å². The Labute approximate surface area is 117 Å². The van der Waals surface area contributed by atoms with Gasteiger partial charge in [0.15, 0.2) is 0 Å². The van der Waals surface area contributed by atoms with Crippen molar-refractivity contribution in [1.82, 2.24) is 4.98 Å². The quantitative estimate of drug-likeness (QED) is 0.617. The second-order valence-corrected chi connectivity index (χ2v) is 5.56. The summed E-state index contributed by atoms with van der Waals surface area (Å²) in [6.07, 6.45) is 2.97. The Bertz CT molecular complexity index is 432. The summed E-state index contributed by atoms with van der Waals surface area (Å²) in [4.78, 5) is 4.25. The first-order valence-corrected chi connectivity index (χ1v) is 8.66. The molecule has 1 saturated heterocycles. The van der Waals surface area contributed by atoms with Crippen LogP contribution >= 0.6 is 30.1 Å². The Morgan fingerprint density at radius 2 is 2.18 bits per heavy atom. The minimum absolute atomic E-state index is 0.601. The van der Waals surface area contributed by atoms with Gasteiger partial charge in [0.05, 0.1) is 5.60 Å². The molecule has 17 heavy (non-hydrogen) atoms. The number of hydrogen-bond donors (Lipinski definition) is 1. The molecule has 2 heterocycles. The average Bonchev–Trinajstić information content (AvgIpc) is 2.38. The summed E-state index contributed by atoms with van der Waals surface area (Å²) in [6.45, 7) is 1.20. The van der Waals surface area contributed by atoms with Crippen molar-refractivity contribution in [2.45, 2.75) is 18.4 Å². The first kappa shape index (κ1) is 13.1. The van der Waals surface area contributed by atoms with E-state index in [1.165, 1.54) is 8.93 Å². The van der Waals surface area contributed by atoms with E-state index >= 15 is 0 Å². The van der Waals surface area contributed by atoms with Crippen molar-refractivity contribution in [2.75, 3.05) is 13.2 Å². The molecule has 5 heteroatoms. The van der Waals surface area contributed by atoms with Crippen molar-refractivity contribution in [3.05, 3.63) is 29.6 Å². The highest BCUT2D eigenvalue weighted by molar-refractivity contribution is 14.2. The number of rotatable bonds is 1. The third kappa shape index (κ3) is 3.35. The lowest BCUT2D eigenvalue weighted by Crippen LogP contribution is -2.33. The molecule has 1 aliphatic heterocycles. The monoisotopic (exact) mass is 361 g/mol. The molecule has 1 aromatic heterocycles. The summed E-state index contributed by atoms with van der Waals surface area (Å²) in [5.74, 6) is 2.93. The van der Waals surface area contributed by atoms with E-state index in [1.807, 2.05) is 12.1 Å². The molecule has 1 N–H and O–H groups in total. The van der Waals surface area contributed by atoms with Gasteiger partial charge in [-0.2, -0.15) is 0 Å². The number of pyridine rings is 1. The molecule has 1 aromatic rings. The average molecular weight is 361 g/mol. The normalized spacial score (nSPS) is 18.2. The summed E-state index contributed by atoms with van der Waals surface area (Å²) >= 11 is 2.12. The number of halogens is 1. The lowest BCUT2D eigenvalue weighted by atomic mass is 9.87. The molecule has 0 amide bonds. The van der Waals surface area contributed by atoms with Crippen LogP contribution in [-0.2, 0) is 10.3 Å². The Balaban J connectivity index is 2.16. The van der Waals surface area contributed by atoms with Crippen LogP contribution in [0.2, 0.25) is 0 Å². The highest BCUT2D eigenvalue weighted by atomic mass is 127. The highest BCUT2D eigenvalue weighted by Crippen LogP contribution is 2.31. The molecule has 3 nitrogen and oxygen atoms in total. The molecule has 0 spiro atoms. The largest absolute Gasteiger partial charge is 0.385 e. The van der Waals surface area contributed by atoms with Crippen molar-refractivity contribution < 1.29 is 9.84 Å². The number of hydrogen-bond acceptors (Lipinski definition) is 4. The highest BCUT2D eigenvalue weighted by Gasteiger charge is 2.31. The van der Waals surface area contributed by atoms with Crippen LogP contribution in [0.15, 0.2) is 18.3 Å². The van der Waals surface area contributed by atoms with Gasteiger partial charge in [0.1, 0.15) is 5.69 Å². The van der Waals surface area contributed by atoms with Gasteiger partial charge in [0.2, 0.25) is 0 Å². The summed E-state index contributed by atoms with van der Waals surface area (Å²) in [5.41, 5.74) is 0.803. The van der Waals surface area contributed by atoms with E-state index in [0.29, 0.717) is 26.1 Å². The Morgan fingerprint density at radius 3 is 2.76 bits per heavy atom. The SMILES string of the molecule is OC1(c2ccc(C#CSI)nc2)CCOCC1. The molecule has 0 unspecified atom stereocenters. The molecule has 2 rings (SSSR count). The summed E-state index contributed by atoms with van der Waals surface area (Å²) in [5, 5.41) is 13.3. The van der Waals surface area contributed by atoms with Crippen LogP contribution < -0.4 is 0 Å². The maximum atomic E-state index is 10.4. The van der Waals surface area contributed by atoms with E-state index in [0.717, 1.165) is 11.3 Å². The third-order valence-electron chi connectivity index (χ3n) is 2.84. The molecule has 0 saturated carbocycles. The van der Waals surface area contributed by atoms with Crippen molar-refractivity contribution in [1.29, 1.82) is 0 Å². The van der Waals surface area contributed by atoms with Crippen LogP contribution in [0.3, 0.4) is 0 Å². The van der Waals surface area contributed by atoms with E-state index in [1.54, 1.807) is 6.20 Å². The van der Waals surface area contributed by atoms with Gasteiger partial charge in [-0.3, -0.25) is 0 Å². The lowest BCUT2D eigenvalue weighted by Gasteiger charge is -2.32. The summed E-state index contributed by atoms with van der Waals surface area (Å²) in [6, 6.07) is 3.75. The first-order valence-electron chi connectivity index (χ1n) is 5.30. The Kier molecular flexibility index (Phi) is 4.68. The van der Waals surface area contributed by atoms with Crippen LogP contribution in [0, 0.1) is 11.2 Å². The first-order chi connectivity index (χ1) is 8.24. The summed E-state index contributed by atoms with van der Waals surface area (Å²) < 4.78 is 5.26. The van der Waals surface area contributed by atoms with Gasteiger partial charge in [-0.1, -0.05) is 6.07 Å². The fourth-order valence-corrected chi connectivity index (χ4v) is 2.29. The molecule has 1 aliphatic rings. The van der Waals surface area contributed by atoms with Crippen LogP contribution in [-0.4, -0.2) is 23.3 Å². The van der Waals surface area contributed by atoms with Gasteiger partial charge < -0.3 is 9.84 Å². The van der Waals surface area contributed by atoms with E-state index < -0.39 is 5.60 Å². The van der Waals surface area contributed by atoms with Crippen LogP contribution in [0.5, 0.6) is 0 Å². The molecular formula is C12H12INO2S. The van der Waals surface area contributed by atoms with Crippen molar-refractivity contribution in [3.63, 3.8) is 0 Å². The smallest absolute Gasteiger partial charge is 0.114 e. The fourth-order valence-electron chi connectivity index (χ4n) is 1.81. The molecule has 1 fully saturated rings. The van der Waals surface area contributed by atoms with Gasteiger partial charge in [0.25, 0.3) is 0 Å². The molecule has 0 atom stereocenters. The number of nitrogens with zero attached hydrogens (tertiary/aromatic N) is 1. The Hall–Kier alpha value is -0.290. The summed E-state index contributed by atoms with van der Waals surface area (Å²) in [7, 11) is 1.43. The standard InChI is InChI=1S/C12H12INO2S/c13-17-8-3-11-2-1-10(9-14-11)12(15)4-6-16-7-5-12/h1-2,9,15H,4-7H2. The number of aromatic nitrogens is 1. The molecule has 0 radical (unpaired) electrons. The Morgan fingerprint density at radius 1 is 1.41 bits per heavy atom. The van der Waals surface area contributed by atoms with E-state index in [9.17, 15) is 5.11 Å². The van der Waals surface area contributed by atoms with Crippen molar-refractivity contribution >= 4 is 30.1 Å². The van der Waals surface area contributed by atoms with Crippen LogP contribution in [0.4, 0.5) is 0 Å². The zero-order chi connectivity index (χ0) is 12.1. The van der Waals surface area contributed by atoms with Crippen LogP contribution in [0.25, 0.3) is 0 Å². The maximum Gasteiger partial charge on any atom is 0.114 e. The second-order valence-electron chi connectivity index (χ2n) is 3.88. The van der Waals surface area contributed by atoms with Gasteiger partial charge in [0, 0.05) is 59.0 Å².